The van der Waals surface area contributed by atoms with Crippen molar-refractivity contribution in [3.05, 3.63) is 24.0 Å². The summed E-state index contributed by atoms with van der Waals surface area (Å²) in [6.07, 6.45) is -4.82. The molecule has 0 radical (unpaired) electrons. The molecule has 2 atom stereocenters. The van der Waals surface area contributed by atoms with E-state index in [2.05, 4.69) is 4.98 Å². The van der Waals surface area contributed by atoms with Crippen molar-refractivity contribution in [3.63, 3.8) is 0 Å². The van der Waals surface area contributed by atoms with Gasteiger partial charge in [0.2, 0.25) is 11.9 Å². The maximum Gasteiger partial charge on any atom is 0.406 e. The number of anilines is 1. The number of likely N-dealkylation sites (N-methyl/N-ethyl adjacent to an activating group) is 1. The van der Waals surface area contributed by atoms with Gasteiger partial charge >= 0.3 is 6.18 Å². The monoisotopic (exact) mass is 403 g/mol. The predicted molar refractivity (Wildman–Crippen MR) is 94.2 cm³/mol. The number of benzene rings is 1. The number of amides is 1. The lowest BCUT2D eigenvalue weighted by atomic mass is 10.0. The van der Waals surface area contributed by atoms with E-state index in [0.29, 0.717) is 34.8 Å². The molecule has 1 aromatic heterocycles. The number of carbonyl (C=O) groups excluding carboxylic acids is 1. The van der Waals surface area contributed by atoms with Gasteiger partial charge < -0.3 is 25.2 Å². The summed E-state index contributed by atoms with van der Waals surface area (Å²) in [5.74, 6) is -1.04. The highest BCUT2D eigenvalue weighted by Crippen LogP contribution is 2.26. The van der Waals surface area contributed by atoms with Crippen LogP contribution in [-0.4, -0.2) is 70.5 Å². The van der Waals surface area contributed by atoms with Crippen molar-refractivity contribution in [1.82, 2.24) is 14.5 Å². The van der Waals surface area contributed by atoms with E-state index in [4.69, 9.17) is 5.73 Å². The first-order chi connectivity index (χ1) is 13.0. The van der Waals surface area contributed by atoms with E-state index in [1.807, 2.05) is 0 Å². The molecule has 1 saturated heterocycles. The van der Waals surface area contributed by atoms with E-state index in [9.17, 15) is 27.5 Å². The van der Waals surface area contributed by atoms with E-state index in [1.54, 1.807) is 4.90 Å². The zero-order chi connectivity index (χ0) is 20.6. The van der Waals surface area contributed by atoms with E-state index >= 15 is 0 Å². The summed E-state index contributed by atoms with van der Waals surface area (Å²) in [5, 5.41) is 9.82. The number of rotatable bonds is 4. The summed E-state index contributed by atoms with van der Waals surface area (Å²) in [6.45, 7) is -1.17. The number of aliphatic hydroxyl groups excluding tert-OH is 1. The molecule has 1 aliphatic heterocycles. The van der Waals surface area contributed by atoms with Gasteiger partial charge in [-0.1, -0.05) is 0 Å². The lowest BCUT2D eigenvalue weighted by Gasteiger charge is -2.35. The first-order valence-corrected chi connectivity index (χ1v) is 8.70. The maximum atomic E-state index is 13.7. The van der Waals surface area contributed by atoms with Crippen LogP contribution in [0.15, 0.2) is 18.2 Å². The fraction of sp³-hybridized carbons (Fsp3) is 0.529. The van der Waals surface area contributed by atoms with Gasteiger partial charge in [-0.3, -0.25) is 4.79 Å². The first-order valence-electron chi connectivity index (χ1n) is 8.70. The Bertz CT molecular complexity index is 869. The van der Waals surface area contributed by atoms with Crippen LogP contribution in [0.3, 0.4) is 0 Å². The van der Waals surface area contributed by atoms with Gasteiger partial charge in [0.05, 0.1) is 17.1 Å². The van der Waals surface area contributed by atoms with Gasteiger partial charge in [-0.2, -0.15) is 13.2 Å². The highest BCUT2D eigenvalue weighted by molar-refractivity contribution is 5.83. The van der Waals surface area contributed by atoms with Crippen LogP contribution in [-0.2, 0) is 11.3 Å². The van der Waals surface area contributed by atoms with Gasteiger partial charge in [-0.05, 0) is 24.6 Å². The molecule has 0 aliphatic carbocycles. The quantitative estimate of drug-likeness (QED) is 0.747. The lowest BCUT2D eigenvalue weighted by Crippen LogP contribution is -2.52. The van der Waals surface area contributed by atoms with Gasteiger partial charge in [0, 0.05) is 26.2 Å². The number of hydrogen-bond donors (Lipinski definition) is 2. The second-order valence-corrected chi connectivity index (χ2v) is 6.96. The zero-order valence-corrected chi connectivity index (χ0v) is 15.2. The van der Waals surface area contributed by atoms with Gasteiger partial charge in [0.1, 0.15) is 18.9 Å². The number of nitrogens with two attached hydrogens (primary N) is 1. The summed E-state index contributed by atoms with van der Waals surface area (Å²) in [6, 6.07) is 3.30. The molecular formula is C17H21F4N5O2. The third-order valence-corrected chi connectivity index (χ3v) is 4.73. The van der Waals surface area contributed by atoms with Gasteiger partial charge in [0.25, 0.3) is 0 Å². The van der Waals surface area contributed by atoms with Crippen molar-refractivity contribution >= 4 is 22.9 Å². The SMILES string of the molecule is CN(CC(F)(F)F)C(=O)Cn1c(N2CC[C@@H](O)[C@H](N)C2)nc2ccc(F)cc21. The number of aliphatic hydroxyl groups is 1. The van der Waals surface area contributed by atoms with E-state index in [1.165, 1.54) is 22.8 Å². The molecule has 7 nitrogen and oxygen atoms in total. The summed E-state index contributed by atoms with van der Waals surface area (Å²) < 4.78 is 52.9. The Kier molecular flexibility index (Phi) is 5.48. The number of piperidine rings is 1. The van der Waals surface area contributed by atoms with E-state index in [0.717, 1.165) is 7.05 Å². The average molecular weight is 403 g/mol. The molecule has 0 unspecified atom stereocenters. The molecule has 28 heavy (non-hydrogen) atoms. The molecule has 3 rings (SSSR count). The molecule has 1 amide bonds. The number of fused-ring (bicyclic) bond motifs is 1. The second kappa shape index (κ2) is 7.55. The third kappa shape index (κ3) is 4.36. The lowest BCUT2D eigenvalue weighted by molar-refractivity contribution is -0.158. The summed E-state index contributed by atoms with van der Waals surface area (Å²) in [4.78, 5) is 19.1. The summed E-state index contributed by atoms with van der Waals surface area (Å²) in [5.41, 5.74) is 6.60. The molecule has 11 heteroatoms. The van der Waals surface area contributed by atoms with Gasteiger partial charge in [-0.15, -0.1) is 0 Å². The minimum Gasteiger partial charge on any atom is -0.391 e. The Morgan fingerprint density at radius 2 is 2.14 bits per heavy atom. The minimum atomic E-state index is -4.52. The molecule has 1 fully saturated rings. The topological polar surface area (TPSA) is 87.6 Å². The van der Waals surface area contributed by atoms with Crippen LogP contribution in [0.1, 0.15) is 6.42 Å². The maximum absolute atomic E-state index is 13.7. The van der Waals surface area contributed by atoms with Crippen LogP contribution in [0, 0.1) is 5.82 Å². The van der Waals surface area contributed by atoms with Crippen LogP contribution < -0.4 is 10.6 Å². The van der Waals surface area contributed by atoms with Crippen LogP contribution in [0.5, 0.6) is 0 Å². The van der Waals surface area contributed by atoms with Gasteiger partial charge in [-0.25, -0.2) is 9.37 Å². The molecule has 2 aromatic rings. The molecular weight excluding hydrogens is 382 g/mol. The summed E-state index contributed by atoms with van der Waals surface area (Å²) >= 11 is 0. The van der Waals surface area contributed by atoms with Crippen molar-refractivity contribution in [2.75, 3.05) is 31.6 Å². The van der Waals surface area contributed by atoms with Gasteiger partial charge in [0.15, 0.2) is 0 Å². The fourth-order valence-corrected chi connectivity index (χ4v) is 3.24. The largest absolute Gasteiger partial charge is 0.406 e. The highest BCUT2D eigenvalue weighted by Gasteiger charge is 2.32. The van der Waals surface area contributed by atoms with Crippen molar-refractivity contribution in [2.24, 2.45) is 5.73 Å². The predicted octanol–water partition coefficient (Wildman–Crippen LogP) is 1.09. The molecule has 154 valence electrons. The number of aromatic nitrogens is 2. The van der Waals surface area contributed by atoms with Crippen molar-refractivity contribution in [2.45, 2.75) is 31.3 Å². The number of alkyl halides is 3. The molecule has 1 aromatic carbocycles. The zero-order valence-electron chi connectivity index (χ0n) is 15.2. The Morgan fingerprint density at radius 3 is 2.79 bits per heavy atom. The number of nitrogens with zero attached hydrogens (tertiary/aromatic N) is 4. The standard InChI is InChI=1S/C17H21F4N5O2/c1-24(9-17(19,20)21)15(28)8-26-13-6-10(18)2-3-12(13)23-16(26)25-5-4-14(27)11(22)7-25/h2-3,6,11,14,27H,4-5,7-9,22H2,1H3/t11-,14-/m1/s1. The smallest absolute Gasteiger partial charge is 0.391 e. The average Bonchev–Trinajstić information content (AvgIpc) is 2.93. The third-order valence-electron chi connectivity index (χ3n) is 4.73. The molecule has 0 bridgehead atoms. The summed E-state index contributed by atoms with van der Waals surface area (Å²) in [7, 11) is 1.06. The van der Waals surface area contributed by atoms with Crippen molar-refractivity contribution in [1.29, 1.82) is 0 Å². The molecule has 0 saturated carbocycles. The number of halogens is 4. The molecule has 2 heterocycles. The Hall–Kier alpha value is -2.40. The minimum absolute atomic E-state index is 0.250. The van der Waals surface area contributed by atoms with Crippen LogP contribution in [0.4, 0.5) is 23.5 Å². The van der Waals surface area contributed by atoms with E-state index < -0.39 is 43.1 Å². The molecule has 3 N–H and O–H groups in total. The van der Waals surface area contributed by atoms with Crippen LogP contribution in [0.2, 0.25) is 0 Å². The fourth-order valence-electron chi connectivity index (χ4n) is 3.24. The Morgan fingerprint density at radius 1 is 1.43 bits per heavy atom. The van der Waals surface area contributed by atoms with Crippen LogP contribution in [0.25, 0.3) is 11.0 Å². The van der Waals surface area contributed by atoms with E-state index in [-0.39, 0.29) is 6.54 Å². The van der Waals surface area contributed by atoms with Crippen molar-refractivity contribution in [3.8, 4) is 0 Å². The normalized spacial score (nSPS) is 20.6. The Labute approximate surface area is 158 Å². The second-order valence-electron chi connectivity index (χ2n) is 6.96. The first kappa shape index (κ1) is 20.3. The highest BCUT2D eigenvalue weighted by atomic mass is 19.4. The molecule has 1 aliphatic rings. The van der Waals surface area contributed by atoms with Crippen molar-refractivity contribution < 1.29 is 27.5 Å². The molecule has 0 spiro atoms. The number of carbonyl (C=O) groups is 1. The van der Waals surface area contributed by atoms with Crippen LogP contribution >= 0.6 is 0 Å². The Balaban J connectivity index is 1.95. The number of hydrogen-bond acceptors (Lipinski definition) is 5. The number of imidazole rings is 1.